The molecule has 112 valence electrons. The van der Waals surface area contributed by atoms with Gasteiger partial charge >= 0.3 is 0 Å². The fourth-order valence-electron chi connectivity index (χ4n) is 2.06. The lowest BCUT2D eigenvalue weighted by Gasteiger charge is -2.13. The molecule has 2 aromatic rings. The molecule has 0 aliphatic heterocycles. The molecule has 21 heavy (non-hydrogen) atoms. The van der Waals surface area contributed by atoms with E-state index in [9.17, 15) is 4.79 Å². The number of nitrogens with two attached hydrogens (primary N) is 1. The van der Waals surface area contributed by atoms with E-state index in [1.165, 1.54) is 0 Å². The van der Waals surface area contributed by atoms with E-state index in [1.807, 2.05) is 48.9 Å². The van der Waals surface area contributed by atoms with Crippen molar-refractivity contribution >= 4 is 11.6 Å². The molecule has 0 unspecified atom stereocenters. The van der Waals surface area contributed by atoms with Crippen LogP contribution >= 0.6 is 0 Å². The second kappa shape index (κ2) is 6.83. The van der Waals surface area contributed by atoms with Crippen LogP contribution in [0.1, 0.15) is 30.4 Å². The summed E-state index contributed by atoms with van der Waals surface area (Å²) in [6.45, 7) is 4.92. The van der Waals surface area contributed by atoms with E-state index in [0.29, 0.717) is 30.3 Å². The van der Waals surface area contributed by atoms with Gasteiger partial charge in [-0.15, -0.1) is 0 Å². The molecule has 0 radical (unpaired) electrons. The normalized spacial score (nSPS) is 10.6. The largest absolute Gasteiger partial charge is 0.492 e. The lowest BCUT2D eigenvalue weighted by atomic mass is 10.3. The Morgan fingerprint density at radius 2 is 2.14 bits per heavy atom. The molecule has 1 amide bonds. The maximum Gasteiger partial charge on any atom is 0.268 e. The topological polar surface area (TPSA) is 69.3 Å². The summed E-state index contributed by atoms with van der Waals surface area (Å²) < 4.78 is 7.47. The lowest BCUT2D eigenvalue weighted by Crippen LogP contribution is -2.30. The highest BCUT2D eigenvalue weighted by molar-refractivity contribution is 5.92. The molecule has 0 saturated carbocycles. The number of rotatable bonds is 6. The summed E-state index contributed by atoms with van der Waals surface area (Å²) in [4.78, 5) is 12.1. The fraction of sp³-hybridized carbons (Fsp3) is 0.312. The van der Waals surface area contributed by atoms with E-state index >= 15 is 0 Å². The molecule has 0 spiro atoms. The van der Waals surface area contributed by atoms with E-state index in [-0.39, 0.29) is 11.9 Å². The first kappa shape index (κ1) is 15.0. The number of aromatic nitrogens is 1. The zero-order valence-corrected chi connectivity index (χ0v) is 12.4. The molecule has 0 aliphatic rings. The summed E-state index contributed by atoms with van der Waals surface area (Å²) in [7, 11) is 0. The van der Waals surface area contributed by atoms with E-state index < -0.39 is 0 Å². The van der Waals surface area contributed by atoms with Crippen molar-refractivity contribution in [1.82, 2.24) is 9.88 Å². The summed E-state index contributed by atoms with van der Waals surface area (Å²) >= 11 is 0. The van der Waals surface area contributed by atoms with E-state index in [1.54, 1.807) is 12.1 Å². The molecule has 0 saturated heterocycles. The van der Waals surface area contributed by atoms with Gasteiger partial charge in [0, 0.05) is 24.0 Å². The molecule has 0 bridgehead atoms. The third-order valence-corrected chi connectivity index (χ3v) is 3.08. The van der Waals surface area contributed by atoms with Gasteiger partial charge in [0.1, 0.15) is 18.1 Å². The first-order valence-electron chi connectivity index (χ1n) is 7.01. The number of nitrogens with zero attached hydrogens (tertiary/aromatic N) is 1. The highest BCUT2D eigenvalue weighted by Crippen LogP contribution is 2.14. The summed E-state index contributed by atoms with van der Waals surface area (Å²) in [5.74, 6) is 0.611. The molecule has 0 aliphatic carbocycles. The molecule has 3 N–H and O–H groups in total. The van der Waals surface area contributed by atoms with Gasteiger partial charge in [-0.05, 0) is 38.1 Å². The average molecular weight is 287 g/mol. The Morgan fingerprint density at radius 1 is 1.33 bits per heavy atom. The molecule has 2 rings (SSSR count). The summed E-state index contributed by atoms with van der Waals surface area (Å²) in [5, 5.41) is 2.85. The zero-order chi connectivity index (χ0) is 15.2. The zero-order valence-electron chi connectivity index (χ0n) is 12.4. The van der Waals surface area contributed by atoms with Gasteiger partial charge in [0.25, 0.3) is 5.91 Å². The molecular formula is C16H21N3O2. The van der Waals surface area contributed by atoms with Gasteiger partial charge in [0.05, 0.1) is 6.54 Å². The Labute approximate surface area is 124 Å². The van der Waals surface area contributed by atoms with Crippen molar-refractivity contribution in [3.63, 3.8) is 0 Å². The van der Waals surface area contributed by atoms with Crippen LogP contribution in [0.2, 0.25) is 0 Å². The first-order chi connectivity index (χ1) is 10.1. The van der Waals surface area contributed by atoms with Crippen LogP contribution in [0.3, 0.4) is 0 Å². The summed E-state index contributed by atoms with van der Waals surface area (Å²) in [5.41, 5.74) is 6.99. The number of ether oxygens (including phenoxy) is 1. The van der Waals surface area contributed by atoms with E-state index in [0.717, 1.165) is 0 Å². The van der Waals surface area contributed by atoms with Crippen molar-refractivity contribution < 1.29 is 9.53 Å². The quantitative estimate of drug-likeness (QED) is 0.633. The molecule has 5 nitrogen and oxygen atoms in total. The van der Waals surface area contributed by atoms with Gasteiger partial charge in [-0.3, -0.25) is 4.79 Å². The summed E-state index contributed by atoms with van der Waals surface area (Å²) in [6, 6.07) is 11.2. The maximum absolute atomic E-state index is 12.1. The minimum atomic E-state index is -0.0927. The number of benzene rings is 1. The van der Waals surface area contributed by atoms with Crippen molar-refractivity contribution in [2.75, 3.05) is 18.9 Å². The van der Waals surface area contributed by atoms with Gasteiger partial charge in [0.2, 0.25) is 0 Å². The lowest BCUT2D eigenvalue weighted by molar-refractivity contribution is 0.0936. The monoisotopic (exact) mass is 287 g/mol. The van der Waals surface area contributed by atoms with Crippen molar-refractivity contribution in [3.05, 3.63) is 48.3 Å². The highest BCUT2D eigenvalue weighted by Gasteiger charge is 2.11. The number of hydrogen-bond donors (Lipinski definition) is 2. The van der Waals surface area contributed by atoms with Crippen molar-refractivity contribution in [2.45, 2.75) is 19.9 Å². The number of carbonyl (C=O) groups excluding carboxylic acids is 1. The maximum atomic E-state index is 12.1. The van der Waals surface area contributed by atoms with Crippen molar-refractivity contribution in [2.24, 2.45) is 0 Å². The highest BCUT2D eigenvalue weighted by atomic mass is 16.5. The van der Waals surface area contributed by atoms with Crippen LogP contribution in [-0.4, -0.2) is 23.6 Å². The van der Waals surface area contributed by atoms with Gasteiger partial charge in [-0.25, -0.2) is 0 Å². The Kier molecular flexibility index (Phi) is 4.87. The Bertz CT molecular complexity index is 605. The van der Waals surface area contributed by atoms with Crippen LogP contribution < -0.4 is 15.8 Å². The molecule has 0 fully saturated rings. The van der Waals surface area contributed by atoms with Crippen molar-refractivity contribution in [1.29, 1.82) is 0 Å². The third-order valence-electron chi connectivity index (χ3n) is 3.08. The van der Waals surface area contributed by atoms with Crippen molar-refractivity contribution in [3.8, 4) is 5.75 Å². The van der Waals surface area contributed by atoms with E-state index in [2.05, 4.69) is 5.32 Å². The van der Waals surface area contributed by atoms with Crippen LogP contribution in [0, 0.1) is 0 Å². The number of anilines is 1. The molecule has 5 heteroatoms. The smallest absolute Gasteiger partial charge is 0.268 e. The molecule has 1 heterocycles. The Hall–Kier alpha value is -2.43. The predicted molar refractivity (Wildman–Crippen MR) is 83.5 cm³/mol. The van der Waals surface area contributed by atoms with Crippen LogP contribution in [0.5, 0.6) is 5.75 Å². The Morgan fingerprint density at radius 3 is 2.86 bits per heavy atom. The summed E-state index contributed by atoms with van der Waals surface area (Å²) in [6.07, 6.45) is 1.91. The van der Waals surface area contributed by atoms with Gasteiger partial charge < -0.3 is 20.4 Å². The third kappa shape index (κ3) is 4.02. The second-order valence-electron chi connectivity index (χ2n) is 5.07. The minimum absolute atomic E-state index is 0.0927. The van der Waals surface area contributed by atoms with Gasteiger partial charge in [-0.1, -0.05) is 6.07 Å². The first-order valence-corrected chi connectivity index (χ1v) is 7.01. The van der Waals surface area contributed by atoms with E-state index in [4.69, 9.17) is 10.5 Å². The molecule has 0 atom stereocenters. The minimum Gasteiger partial charge on any atom is -0.492 e. The molecule has 1 aromatic carbocycles. The number of nitrogen functional groups attached to an aromatic ring is 1. The second-order valence-corrected chi connectivity index (χ2v) is 5.07. The number of amides is 1. The fourth-order valence-corrected chi connectivity index (χ4v) is 2.06. The predicted octanol–water partition coefficient (Wildman–Crippen LogP) is 2.46. The number of carbonyl (C=O) groups is 1. The van der Waals surface area contributed by atoms with Gasteiger partial charge in [-0.2, -0.15) is 0 Å². The van der Waals surface area contributed by atoms with Crippen LogP contribution in [0.4, 0.5) is 5.69 Å². The standard InChI is InChI=1S/C16H21N3O2/c1-12(2)19-9-4-7-15(19)16(20)18-8-10-21-14-6-3-5-13(17)11-14/h3-7,9,11-12H,8,10,17H2,1-2H3,(H,18,20). The van der Waals surface area contributed by atoms with Crippen LogP contribution in [0.15, 0.2) is 42.6 Å². The average Bonchev–Trinajstić information content (AvgIpc) is 2.93. The Balaban J connectivity index is 1.81. The van der Waals surface area contributed by atoms with Crippen LogP contribution in [0.25, 0.3) is 0 Å². The van der Waals surface area contributed by atoms with Crippen LogP contribution in [-0.2, 0) is 0 Å². The molecule has 1 aromatic heterocycles. The molecular weight excluding hydrogens is 266 g/mol. The SMILES string of the molecule is CC(C)n1cccc1C(=O)NCCOc1cccc(N)c1. The van der Waals surface area contributed by atoms with Gasteiger partial charge in [0.15, 0.2) is 0 Å². The number of nitrogens with one attached hydrogen (secondary N) is 1. The number of hydrogen-bond acceptors (Lipinski definition) is 3.